The summed E-state index contributed by atoms with van der Waals surface area (Å²) in [5.41, 5.74) is 6.68. The molecule has 0 aliphatic rings. The van der Waals surface area contributed by atoms with Gasteiger partial charge in [0.1, 0.15) is 18.6 Å². The Bertz CT molecular complexity index is 745. The van der Waals surface area contributed by atoms with Crippen LogP contribution in [0, 0.1) is 5.92 Å². The summed E-state index contributed by atoms with van der Waals surface area (Å²) in [6.45, 7) is 3.06. The van der Waals surface area contributed by atoms with Gasteiger partial charge in [-0.25, -0.2) is 0 Å². The van der Waals surface area contributed by atoms with Gasteiger partial charge in [-0.05, 0) is 29.9 Å². The van der Waals surface area contributed by atoms with Crippen LogP contribution in [-0.2, 0) is 25.6 Å². The Kier molecular flexibility index (Phi) is 11.7. The predicted octanol–water partition coefficient (Wildman–Crippen LogP) is 0.136. The van der Waals surface area contributed by atoms with Gasteiger partial charge >= 0.3 is 5.97 Å². The fourth-order valence-corrected chi connectivity index (χ4v) is 3.16. The first-order valence-corrected chi connectivity index (χ1v) is 11.4. The molecule has 0 radical (unpaired) electrons. The molecule has 0 aliphatic carbocycles. The highest BCUT2D eigenvalue weighted by Gasteiger charge is 2.28. The smallest absolute Gasteiger partial charge is 0.322 e. The molecule has 172 valence electrons. The zero-order valence-corrected chi connectivity index (χ0v) is 18.9. The zero-order valence-electron chi connectivity index (χ0n) is 18.1. The molecule has 1 aromatic rings. The van der Waals surface area contributed by atoms with Crippen LogP contribution < -0.4 is 21.7 Å². The van der Waals surface area contributed by atoms with E-state index >= 15 is 0 Å². The third-order valence-electron chi connectivity index (χ3n) is 4.59. The molecule has 0 aliphatic heterocycles. The second-order valence-electron chi connectivity index (χ2n) is 7.47. The topological polar surface area (TPSA) is 151 Å². The molecule has 0 bridgehead atoms. The highest BCUT2D eigenvalue weighted by molar-refractivity contribution is 7.98. The van der Waals surface area contributed by atoms with E-state index in [9.17, 15) is 19.2 Å². The monoisotopic (exact) mass is 452 g/mol. The Morgan fingerprint density at radius 3 is 2.16 bits per heavy atom. The molecular weight excluding hydrogens is 420 g/mol. The van der Waals surface area contributed by atoms with Crippen LogP contribution in [0.1, 0.15) is 25.8 Å². The van der Waals surface area contributed by atoms with Crippen molar-refractivity contribution in [1.82, 2.24) is 16.0 Å². The molecule has 6 N–H and O–H groups in total. The standard InChI is InChI=1S/C21H32N4O5S/c1-13(2)18(22)21(30)24-15(9-10-31-3)20(29)25-16(19(28)23-12-17(26)27)11-14-7-5-4-6-8-14/h4-8,13,15-16,18H,9-12,22H2,1-3H3,(H,23,28)(H,24,30)(H,25,29)(H,26,27). The van der Waals surface area contributed by atoms with E-state index in [0.29, 0.717) is 12.2 Å². The maximum absolute atomic E-state index is 12.9. The van der Waals surface area contributed by atoms with Crippen LogP contribution in [0.5, 0.6) is 0 Å². The second-order valence-corrected chi connectivity index (χ2v) is 8.46. The fraction of sp³-hybridized carbons (Fsp3) is 0.524. The number of hydrogen-bond acceptors (Lipinski definition) is 6. The number of carboxylic acid groups (broad SMARTS) is 1. The van der Waals surface area contributed by atoms with Gasteiger partial charge in [0.2, 0.25) is 17.7 Å². The number of aliphatic carboxylic acids is 1. The number of carboxylic acids is 1. The van der Waals surface area contributed by atoms with E-state index in [0.717, 1.165) is 5.56 Å². The van der Waals surface area contributed by atoms with Gasteiger partial charge in [-0.3, -0.25) is 19.2 Å². The molecule has 3 amide bonds. The molecule has 10 heteroatoms. The van der Waals surface area contributed by atoms with Crippen molar-refractivity contribution in [3.8, 4) is 0 Å². The highest BCUT2D eigenvalue weighted by atomic mass is 32.2. The number of nitrogens with two attached hydrogens (primary N) is 1. The van der Waals surface area contributed by atoms with E-state index in [2.05, 4.69) is 16.0 Å². The molecule has 1 rings (SSSR count). The molecule has 0 spiro atoms. The minimum atomic E-state index is -1.19. The van der Waals surface area contributed by atoms with E-state index in [1.165, 1.54) is 11.8 Å². The van der Waals surface area contributed by atoms with Crippen LogP contribution in [0.3, 0.4) is 0 Å². The highest BCUT2D eigenvalue weighted by Crippen LogP contribution is 2.07. The maximum Gasteiger partial charge on any atom is 0.322 e. The van der Waals surface area contributed by atoms with Gasteiger partial charge in [-0.1, -0.05) is 44.2 Å². The van der Waals surface area contributed by atoms with Gasteiger partial charge in [-0.2, -0.15) is 11.8 Å². The zero-order chi connectivity index (χ0) is 23.4. The maximum atomic E-state index is 12.9. The van der Waals surface area contributed by atoms with Crippen molar-refractivity contribution >= 4 is 35.5 Å². The van der Waals surface area contributed by atoms with Crippen LogP contribution in [0.4, 0.5) is 0 Å². The van der Waals surface area contributed by atoms with Gasteiger partial charge in [-0.15, -0.1) is 0 Å². The Morgan fingerprint density at radius 2 is 1.61 bits per heavy atom. The average Bonchev–Trinajstić information content (AvgIpc) is 2.74. The summed E-state index contributed by atoms with van der Waals surface area (Å²) in [7, 11) is 0. The summed E-state index contributed by atoms with van der Waals surface area (Å²) in [6.07, 6.45) is 2.42. The predicted molar refractivity (Wildman–Crippen MR) is 120 cm³/mol. The van der Waals surface area contributed by atoms with E-state index in [4.69, 9.17) is 10.8 Å². The number of rotatable bonds is 13. The fourth-order valence-electron chi connectivity index (χ4n) is 2.69. The first-order chi connectivity index (χ1) is 14.6. The number of carbonyl (C=O) groups excluding carboxylic acids is 3. The molecule has 3 atom stereocenters. The molecule has 0 saturated heterocycles. The first-order valence-electron chi connectivity index (χ1n) is 10.0. The molecular formula is C21H32N4O5S. The largest absolute Gasteiger partial charge is 0.480 e. The molecule has 3 unspecified atom stereocenters. The Labute approximate surface area is 186 Å². The van der Waals surface area contributed by atoms with Crippen molar-refractivity contribution in [2.75, 3.05) is 18.6 Å². The van der Waals surface area contributed by atoms with Crippen molar-refractivity contribution in [3.63, 3.8) is 0 Å². The van der Waals surface area contributed by atoms with Crippen LogP contribution >= 0.6 is 11.8 Å². The van der Waals surface area contributed by atoms with Crippen molar-refractivity contribution in [1.29, 1.82) is 0 Å². The van der Waals surface area contributed by atoms with Crippen molar-refractivity contribution in [2.45, 2.75) is 44.8 Å². The van der Waals surface area contributed by atoms with Gasteiger partial charge in [0.15, 0.2) is 0 Å². The molecule has 9 nitrogen and oxygen atoms in total. The van der Waals surface area contributed by atoms with Crippen LogP contribution in [0.15, 0.2) is 30.3 Å². The van der Waals surface area contributed by atoms with Gasteiger partial charge in [0.05, 0.1) is 6.04 Å². The summed E-state index contributed by atoms with van der Waals surface area (Å²) in [5.74, 6) is -2.25. The number of nitrogens with one attached hydrogen (secondary N) is 3. The molecule has 31 heavy (non-hydrogen) atoms. The Morgan fingerprint density at radius 1 is 1.00 bits per heavy atom. The molecule has 0 fully saturated rings. The summed E-state index contributed by atoms with van der Waals surface area (Å²) in [6, 6.07) is 6.42. The molecule has 0 aromatic heterocycles. The van der Waals surface area contributed by atoms with Crippen molar-refractivity contribution < 1.29 is 24.3 Å². The van der Waals surface area contributed by atoms with Crippen molar-refractivity contribution in [3.05, 3.63) is 35.9 Å². The average molecular weight is 453 g/mol. The number of amides is 3. The van der Waals surface area contributed by atoms with Gasteiger partial charge in [0.25, 0.3) is 0 Å². The Balaban J connectivity index is 2.96. The minimum Gasteiger partial charge on any atom is -0.480 e. The van der Waals surface area contributed by atoms with E-state index in [1.807, 2.05) is 26.2 Å². The number of carbonyl (C=O) groups is 4. The second kappa shape index (κ2) is 13.7. The van der Waals surface area contributed by atoms with E-state index < -0.39 is 48.4 Å². The van der Waals surface area contributed by atoms with Gasteiger partial charge < -0.3 is 26.8 Å². The van der Waals surface area contributed by atoms with E-state index in [1.54, 1.807) is 24.3 Å². The summed E-state index contributed by atoms with van der Waals surface area (Å²) >= 11 is 1.52. The summed E-state index contributed by atoms with van der Waals surface area (Å²) in [4.78, 5) is 48.7. The minimum absolute atomic E-state index is 0.100. The molecule has 1 aromatic carbocycles. The summed E-state index contributed by atoms with van der Waals surface area (Å²) in [5, 5.41) is 16.5. The third kappa shape index (κ3) is 9.84. The number of thioether (sulfide) groups is 1. The third-order valence-corrected chi connectivity index (χ3v) is 5.24. The SMILES string of the molecule is CSCCC(NC(=O)C(N)C(C)C)C(=O)NC(Cc1ccccc1)C(=O)NCC(=O)O. The lowest BCUT2D eigenvalue weighted by molar-refractivity contribution is -0.138. The first kappa shape index (κ1) is 26.4. The lowest BCUT2D eigenvalue weighted by atomic mass is 10.0. The lowest BCUT2D eigenvalue weighted by Crippen LogP contribution is -2.57. The quantitative estimate of drug-likeness (QED) is 0.285. The normalized spacial score (nSPS) is 13.7. The number of hydrogen-bond donors (Lipinski definition) is 5. The Hall–Kier alpha value is -2.59. The number of benzene rings is 1. The van der Waals surface area contributed by atoms with Crippen LogP contribution in [0.25, 0.3) is 0 Å². The molecule has 0 saturated carbocycles. The van der Waals surface area contributed by atoms with Crippen molar-refractivity contribution in [2.24, 2.45) is 11.7 Å². The summed E-state index contributed by atoms with van der Waals surface area (Å²) < 4.78 is 0. The molecule has 0 heterocycles. The van der Waals surface area contributed by atoms with Crippen LogP contribution in [0.2, 0.25) is 0 Å². The lowest BCUT2D eigenvalue weighted by Gasteiger charge is -2.25. The van der Waals surface area contributed by atoms with Gasteiger partial charge in [0, 0.05) is 6.42 Å². The van der Waals surface area contributed by atoms with Crippen LogP contribution in [-0.4, -0.2) is 65.5 Å². The van der Waals surface area contributed by atoms with E-state index in [-0.39, 0.29) is 12.3 Å².